The molecule has 0 aliphatic carbocycles. The predicted octanol–water partition coefficient (Wildman–Crippen LogP) is 1.83. The maximum atomic E-state index is 5.39. The number of nitrogens with zero attached hydrogens (tertiary/aromatic N) is 2. The monoisotopic (exact) mass is 368 g/mol. The van der Waals surface area contributed by atoms with Crippen LogP contribution >= 0.6 is 11.8 Å². The standard InChI is InChI=1S/C18H32N4O2S/c1-23-14-12-22-10-6-16(7-11-22)21-18(20-9-15-25-2)19-8-5-17-4-3-13-24-17/h3-4,13,16H,5-12,14-15H2,1-2H3,(H2,19,20,21). The fraction of sp³-hybridized carbons (Fsp3) is 0.722. The molecule has 2 N–H and O–H groups in total. The average Bonchev–Trinajstić information content (AvgIpc) is 3.14. The molecule has 0 bridgehead atoms. The van der Waals surface area contributed by atoms with E-state index >= 15 is 0 Å². The summed E-state index contributed by atoms with van der Waals surface area (Å²) in [5.74, 6) is 2.97. The Labute approximate surface area is 155 Å². The predicted molar refractivity (Wildman–Crippen MR) is 106 cm³/mol. The van der Waals surface area contributed by atoms with Gasteiger partial charge < -0.3 is 24.7 Å². The molecule has 0 saturated carbocycles. The Balaban J connectivity index is 1.74. The summed E-state index contributed by atoms with van der Waals surface area (Å²) in [6, 6.07) is 4.43. The van der Waals surface area contributed by atoms with Crippen molar-refractivity contribution < 1.29 is 9.15 Å². The molecule has 1 fully saturated rings. The van der Waals surface area contributed by atoms with Crippen molar-refractivity contribution in [3.05, 3.63) is 24.2 Å². The maximum Gasteiger partial charge on any atom is 0.191 e. The number of likely N-dealkylation sites (tertiary alicyclic amines) is 1. The quantitative estimate of drug-likeness (QED) is 0.373. The van der Waals surface area contributed by atoms with Crippen molar-refractivity contribution >= 4 is 17.7 Å². The van der Waals surface area contributed by atoms with Gasteiger partial charge in [0.15, 0.2) is 5.96 Å². The van der Waals surface area contributed by atoms with E-state index in [-0.39, 0.29) is 0 Å². The van der Waals surface area contributed by atoms with Crippen LogP contribution in [0.3, 0.4) is 0 Å². The molecule has 0 aromatic carbocycles. The van der Waals surface area contributed by atoms with Gasteiger partial charge >= 0.3 is 0 Å². The second kappa shape index (κ2) is 12.2. The number of methoxy groups -OCH3 is 1. The number of rotatable bonds is 10. The second-order valence-electron chi connectivity index (χ2n) is 6.23. The normalized spacial score (nSPS) is 17.0. The van der Waals surface area contributed by atoms with Crippen LogP contribution < -0.4 is 10.6 Å². The Kier molecular flexibility index (Phi) is 9.84. The van der Waals surface area contributed by atoms with Gasteiger partial charge in [-0.15, -0.1) is 0 Å². The summed E-state index contributed by atoms with van der Waals surface area (Å²) in [6.45, 7) is 5.74. The van der Waals surface area contributed by atoms with Gasteiger partial charge in [-0.1, -0.05) is 0 Å². The van der Waals surface area contributed by atoms with Gasteiger partial charge in [0, 0.05) is 51.5 Å². The molecule has 0 unspecified atom stereocenters. The first kappa shape index (κ1) is 20.1. The van der Waals surface area contributed by atoms with E-state index in [9.17, 15) is 0 Å². The molecule has 142 valence electrons. The zero-order valence-electron chi connectivity index (χ0n) is 15.5. The highest BCUT2D eigenvalue weighted by atomic mass is 32.2. The van der Waals surface area contributed by atoms with Crippen molar-refractivity contribution in [2.75, 3.05) is 58.4 Å². The van der Waals surface area contributed by atoms with Crippen molar-refractivity contribution in [1.29, 1.82) is 0 Å². The van der Waals surface area contributed by atoms with E-state index in [4.69, 9.17) is 14.1 Å². The molecule has 0 atom stereocenters. The molecule has 1 aliphatic rings. The van der Waals surface area contributed by atoms with E-state index in [1.165, 1.54) is 0 Å². The molecular formula is C18H32N4O2S. The Morgan fingerprint density at radius 3 is 2.96 bits per heavy atom. The first-order valence-corrected chi connectivity index (χ1v) is 10.5. The van der Waals surface area contributed by atoms with Gasteiger partial charge in [-0.25, -0.2) is 0 Å². The number of thioether (sulfide) groups is 1. The highest BCUT2D eigenvalue weighted by Crippen LogP contribution is 2.10. The first-order chi connectivity index (χ1) is 12.3. The summed E-state index contributed by atoms with van der Waals surface area (Å²) in [6.07, 6.45) is 6.99. The Bertz CT molecular complexity index is 473. The number of hydrogen-bond donors (Lipinski definition) is 2. The van der Waals surface area contributed by atoms with Crippen LogP contribution in [0.25, 0.3) is 0 Å². The van der Waals surface area contributed by atoms with Gasteiger partial charge in [0.2, 0.25) is 0 Å². The third-order valence-corrected chi connectivity index (χ3v) is 4.94. The van der Waals surface area contributed by atoms with E-state index in [1.54, 1.807) is 13.4 Å². The minimum Gasteiger partial charge on any atom is -0.469 e. The van der Waals surface area contributed by atoms with Crippen molar-refractivity contribution in [3.63, 3.8) is 0 Å². The van der Waals surface area contributed by atoms with Crippen LogP contribution in [0, 0.1) is 0 Å². The van der Waals surface area contributed by atoms with Crippen molar-refractivity contribution in [2.45, 2.75) is 25.3 Å². The summed E-state index contributed by atoms with van der Waals surface area (Å²) in [5, 5.41) is 7.06. The van der Waals surface area contributed by atoms with Crippen LogP contribution in [0.2, 0.25) is 0 Å². The van der Waals surface area contributed by atoms with Crippen LogP contribution in [0.4, 0.5) is 0 Å². The van der Waals surface area contributed by atoms with Crippen molar-refractivity contribution in [3.8, 4) is 0 Å². The Morgan fingerprint density at radius 1 is 1.44 bits per heavy atom. The zero-order chi connectivity index (χ0) is 17.7. The first-order valence-electron chi connectivity index (χ1n) is 9.09. The summed E-state index contributed by atoms with van der Waals surface area (Å²) in [4.78, 5) is 7.17. The maximum absolute atomic E-state index is 5.39. The number of guanidine groups is 1. The molecule has 1 aliphatic heterocycles. The lowest BCUT2D eigenvalue weighted by Crippen LogP contribution is -2.49. The number of piperidine rings is 1. The zero-order valence-corrected chi connectivity index (χ0v) is 16.3. The van der Waals surface area contributed by atoms with E-state index in [1.807, 2.05) is 23.9 Å². The fourth-order valence-corrected chi connectivity index (χ4v) is 3.15. The van der Waals surface area contributed by atoms with Gasteiger partial charge in [-0.3, -0.25) is 4.99 Å². The highest BCUT2D eigenvalue weighted by Gasteiger charge is 2.19. The van der Waals surface area contributed by atoms with Crippen LogP contribution in [-0.4, -0.2) is 75.4 Å². The average molecular weight is 369 g/mol. The molecule has 0 spiro atoms. The van der Waals surface area contributed by atoms with Crippen molar-refractivity contribution in [2.24, 2.45) is 4.99 Å². The van der Waals surface area contributed by atoms with Gasteiger partial charge in [0.05, 0.1) is 19.4 Å². The molecule has 25 heavy (non-hydrogen) atoms. The van der Waals surface area contributed by atoms with Crippen LogP contribution in [0.5, 0.6) is 0 Å². The third-order valence-electron chi connectivity index (χ3n) is 4.35. The van der Waals surface area contributed by atoms with Crippen LogP contribution in [0.15, 0.2) is 27.8 Å². The third kappa shape index (κ3) is 8.16. The number of nitrogens with one attached hydrogen (secondary N) is 2. The van der Waals surface area contributed by atoms with Crippen LogP contribution in [0.1, 0.15) is 18.6 Å². The molecular weight excluding hydrogens is 336 g/mol. The lowest BCUT2D eigenvalue weighted by molar-refractivity contribution is 0.128. The number of hydrogen-bond acceptors (Lipinski definition) is 5. The van der Waals surface area contributed by atoms with Crippen LogP contribution in [-0.2, 0) is 11.2 Å². The molecule has 2 rings (SSSR count). The van der Waals surface area contributed by atoms with E-state index in [0.717, 1.165) is 76.1 Å². The fourth-order valence-electron chi connectivity index (χ4n) is 2.87. The lowest BCUT2D eigenvalue weighted by Gasteiger charge is -2.32. The molecule has 1 aromatic heterocycles. The summed E-state index contributed by atoms with van der Waals surface area (Å²) in [7, 11) is 1.76. The molecule has 2 heterocycles. The number of furan rings is 1. The largest absolute Gasteiger partial charge is 0.469 e. The molecule has 6 nitrogen and oxygen atoms in total. The lowest BCUT2D eigenvalue weighted by atomic mass is 10.1. The summed E-state index contributed by atoms with van der Waals surface area (Å²) in [5.41, 5.74) is 0. The van der Waals surface area contributed by atoms with E-state index < -0.39 is 0 Å². The molecule has 0 radical (unpaired) electrons. The summed E-state index contributed by atoms with van der Waals surface area (Å²) < 4.78 is 10.6. The van der Waals surface area contributed by atoms with Gasteiger partial charge in [-0.2, -0.15) is 11.8 Å². The highest BCUT2D eigenvalue weighted by molar-refractivity contribution is 7.98. The molecule has 7 heteroatoms. The SMILES string of the molecule is COCCN1CCC(NC(=NCCSC)NCCc2ccco2)CC1. The molecule has 0 amide bonds. The second-order valence-corrected chi connectivity index (χ2v) is 7.22. The smallest absolute Gasteiger partial charge is 0.191 e. The molecule has 1 saturated heterocycles. The minimum atomic E-state index is 0.489. The number of ether oxygens (including phenoxy) is 1. The minimum absolute atomic E-state index is 0.489. The van der Waals surface area contributed by atoms with Gasteiger partial charge in [0.25, 0.3) is 0 Å². The molecule has 1 aromatic rings. The number of aliphatic imine (C=N–C) groups is 1. The summed E-state index contributed by atoms with van der Waals surface area (Å²) >= 11 is 1.82. The van der Waals surface area contributed by atoms with Gasteiger partial charge in [0.1, 0.15) is 5.76 Å². The van der Waals surface area contributed by atoms with Gasteiger partial charge in [-0.05, 0) is 31.2 Å². The Hall–Kier alpha value is -1.18. The van der Waals surface area contributed by atoms with E-state index in [2.05, 4.69) is 21.8 Å². The topological polar surface area (TPSA) is 62.0 Å². The Morgan fingerprint density at radius 2 is 2.28 bits per heavy atom. The van der Waals surface area contributed by atoms with Crippen molar-refractivity contribution in [1.82, 2.24) is 15.5 Å². The van der Waals surface area contributed by atoms with E-state index in [0.29, 0.717) is 6.04 Å².